The average Bonchev–Trinajstić information content (AvgIpc) is 2.73. The molecule has 3 nitrogen and oxygen atoms in total. The van der Waals surface area contributed by atoms with Crippen LogP contribution in [-0.2, 0) is 0 Å². The number of hydrogen-bond donors (Lipinski definition) is 0. The number of carbonyl (C=O) groups is 1. The number of halogens is 1. The fourth-order valence-corrected chi connectivity index (χ4v) is 3.03. The fourth-order valence-electron chi connectivity index (χ4n) is 2.49. The molecule has 1 aromatic carbocycles. The molecule has 1 aliphatic heterocycles. The number of benzene rings is 1. The smallest absolute Gasteiger partial charge is 0.253 e. The zero-order chi connectivity index (χ0) is 13.1. The van der Waals surface area contributed by atoms with Crippen LogP contribution in [0.15, 0.2) is 24.3 Å². The van der Waals surface area contributed by atoms with Gasteiger partial charge in [0.25, 0.3) is 5.91 Å². The molecule has 1 aromatic rings. The van der Waals surface area contributed by atoms with E-state index in [1.165, 1.54) is 6.42 Å². The van der Waals surface area contributed by atoms with E-state index < -0.39 is 0 Å². The van der Waals surface area contributed by atoms with Crippen LogP contribution in [0.5, 0.6) is 0 Å². The molecule has 1 atom stereocenters. The van der Waals surface area contributed by atoms with Gasteiger partial charge in [0.05, 0.1) is 0 Å². The molecule has 1 saturated heterocycles. The number of amides is 1. The lowest BCUT2D eigenvalue weighted by Crippen LogP contribution is -2.32. The second-order valence-electron chi connectivity index (χ2n) is 5.11. The molecule has 0 aromatic heterocycles. The minimum absolute atomic E-state index is 0.128. The molecule has 1 unspecified atom stereocenters. The van der Waals surface area contributed by atoms with Crippen molar-refractivity contribution in [1.82, 2.24) is 9.80 Å². The first-order valence-electron chi connectivity index (χ1n) is 6.26. The summed E-state index contributed by atoms with van der Waals surface area (Å²) in [5.74, 6) is 0.745. The molecule has 0 N–H and O–H groups in total. The topological polar surface area (TPSA) is 23.6 Å². The third-order valence-electron chi connectivity index (χ3n) is 3.44. The Morgan fingerprint density at radius 2 is 2.33 bits per heavy atom. The average molecular weight is 358 g/mol. The number of likely N-dealkylation sites (tertiary alicyclic amines) is 1. The van der Waals surface area contributed by atoms with Gasteiger partial charge in [-0.1, -0.05) is 6.07 Å². The highest BCUT2D eigenvalue weighted by Gasteiger charge is 2.23. The molecule has 0 aliphatic carbocycles. The second kappa shape index (κ2) is 6.02. The van der Waals surface area contributed by atoms with Gasteiger partial charge < -0.3 is 9.80 Å². The van der Waals surface area contributed by atoms with Crippen LogP contribution in [0.25, 0.3) is 0 Å². The second-order valence-corrected chi connectivity index (χ2v) is 6.36. The van der Waals surface area contributed by atoms with E-state index in [9.17, 15) is 4.79 Å². The minimum atomic E-state index is 0.128. The van der Waals surface area contributed by atoms with E-state index in [1.54, 1.807) is 0 Å². The Balaban J connectivity index is 1.96. The first-order chi connectivity index (χ1) is 8.56. The van der Waals surface area contributed by atoms with Gasteiger partial charge in [0.2, 0.25) is 0 Å². The van der Waals surface area contributed by atoms with Crippen molar-refractivity contribution in [2.45, 2.75) is 6.42 Å². The summed E-state index contributed by atoms with van der Waals surface area (Å²) < 4.78 is 1.10. The van der Waals surface area contributed by atoms with Gasteiger partial charge in [0, 0.05) is 29.3 Å². The third-order valence-corrected chi connectivity index (χ3v) is 4.11. The Labute approximate surface area is 122 Å². The normalized spacial score (nSPS) is 20.1. The fraction of sp³-hybridized carbons (Fsp3) is 0.500. The van der Waals surface area contributed by atoms with Crippen molar-refractivity contribution in [1.29, 1.82) is 0 Å². The lowest BCUT2D eigenvalue weighted by molar-refractivity contribution is 0.0774. The van der Waals surface area contributed by atoms with Crippen molar-refractivity contribution in [3.63, 3.8) is 0 Å². The first-order valence-corrected chi connectivity index (χ1v) is 7.33. The van der Waals surface area contributed by atoms with Crippen LogP contribution in [0.4, 0.5) is 0 Å². The highest BCUT2D eigenvalue weighted by Crippen LogP contribution is 2.17. The number of nitrogens with zero attached hydrogens (tertiary/aromatic N) is 2. The lowest BCUT2D eigenvalue weighted by atomic mass is 10.1. The Bertz CT molecular complexity index is 436. The molecule has 1 heterocycles. The van der Waals surface area contributed by atoms with Crippen LogP contribution < -0.4 is 0 Å². The Morgan fingerprint density at radius 1 is 1.56 bits per heavy atom. The van der Waals surface area contributed by atoms with Gasteiger partial charge in [-0.15, -0.1) is 0 Å². The predicted molar refractivity (Wildman–Crippen MR) is 81.7 cm³/mol. The van der Waals surface area contributed by atoms with Gasteiger partial charge >= 0.3 is 0 Å². The quantitative estimate of drug-likeness (QED) is 0.775. The number of carbonyl (C=O) groups excluding carboxylic acids is 1. The van der Waals surface area contributed by atoms with E-state index in [2.05, 4.69) is 34.5 Å². The van der Waals surface area contributed by atoms with Crippen molar-refractivity contribution in [2.75, 3.05) is 33.7 Å². The molecule has 98 valence electrons. The maximum atomic E-state index is 12.3. The molecule has 18 heavy (non-hydrogen) atoms. The van der Waals surface area contributed by atoms with Gasteiger partial charge in [-0.25, -0.2) is 0 Å². The summed E-state index contributed by atoms with van der Waals surface area (Å²) in [6.07, 6.45) is 1.19. The Morgan fingerprint density at radius 3 is 2.94 bits per heavy atom. The first kappa shape index (κ1) is 13.8. The summed E-state index contributed by atoms with van der Waals surface area (Å²) in [7, 11) is 4.04. The van der Waals surface area contributed by atoms with Crippen molar-refractivity contribution in [3.8, 4) is 0 Å². The number of hydrogen-bond acceptors (Lipinski definition) is 2. The largest absolute Gasteiger partial charge is 0.341 e. The van der Waals surface area contributed by atoms with Gasteiger partial charge in [0.1, 0.15) is 0 Å². The van der Waals surface area contributed by atoms with E-state index in [-0.39, 0.29) is 5.91 Å². The summed E-state index contributed by atoms with van der Waals surface area (Å²) >= 11 is 2.24. The standard InChI is InChI=1S/C14H19IN2O/c1-16-7-6-11(9-16)10-17(2)14(18)12-4-3-5-13(15)8-12/h3-5,8,11H,6-7,9-10H2,1-2H3. The summed E-state index contributed by atoms with van der Waals surface area (Å²) in [6, 6.07) is 7.78. The zero-order valence-corrected chi connectivity index (χ0v) is 13.1. The molecule has 0 bridgehead atoms. The molecule has 1 aliphatic rings. The van der Waals surface area contributed by atoms with Crippen LogP contribution in [0, 0.1) is 9.49 Å². The van der Waals surface area contributed by atoms with Crippen LogP contribution in [0.2, 0.25) is 0 Å². The maximum absolute atomic E-state index is 12.3. The van der Waals surface area contributed by atoms with Crippen molar-refractivity contribution < 1.29 is 4.79 Å². The highest BCUT2D eigenvalue weighted by molar-refractivity contribution is 14.1. The minimum Gasteiger partial charge on any atom is -0.341 e. The molecule has 0 spiro atoms. The monoisotopic (exact) mass is 358 g/mol. The van der Waals surface area contributed by atoms with Crippen LogP contribution in [-0.4, -0.2) is 49.4 Å². The van der Waals surface area contributed by atoms with Gasteiger partial charge in [-0.2, -0.15) is 0 Å². The van der Waals surface area contributed by atoms with Crippen LogP contribution in [0.3, 0.4) is 0 Å². The molecular formula is C14H19IN2O. The van der Waals surface area contributed by atoms with Crippen molar-refractivity contribution in [3.05, 3.63) is 33.4 Å². The predicted octanol–water partition coefficient (Wildman–Crippen LogP) is 2.31. The van der Waals surface area contributed by atoms with Crippen molar-refractivity contribution in [2.24, 2.45) is 5.92 Å². The van der Waals surface area contributed by atoms with Gasteiger partial charge in [-0.3, -0.25) is 4.79 Å². The SMILES string of the molecule is CN1CCC(CN(C)C(=O)c2cccc(I)c2)C1. The Hall–Kier alpha value is -0.620. The highest BCUT2D eigenvalue weighted by atomic mass is 127. The molecule has 1 fully saturated rings. The maximum Gasteiger partial charge on any atom is 0.253 e. The van der Waals surface area contributed by atoms with Crippen LogP contribution >= 0.6 is 22.6 Å². The number of rotatable bonds is 3. The molecule has 4 heteroatoms. The van der Waals surface area contributed by atoms with E-state index in [0.29, 0.717) is 5.92 Å². The van der Waals surface area contributed by atoms with Gasteiger partial charge in [-0.05, 0) is 66.7 Å². The van der Waals surface area contributed by atoms with E-state index in [1.807, 2.05) is 36.2 Å². The summed E-state index contributed by atoms with van der Waals surface area (Å²) in [6.45, 7) is 3.11. The van der Waals surface area contributed by atoms with Crippen molar-refractivity contribution >= 4 is 28.5 Å². The zero-order valence-electron chi connectivity index (χ0n) is 10.9. The van der Waals surface area contributed by atoms with Crippen LogP contribution in [0.1, 0.15) is 16.8 Å². The summed E-state index contributed by atoms with van der Waals surface area (Å²) in [4.78, 5) is 16.5. The van der Waals surface area contributed by atoms with Gasteiger partial charge in [0.15, 0.2) is 0 Å². The molecule has 0 saturated carbocycles. The summed E-state index contributed by atoms with van der Waals surface area (Å²) in [5.41, 5.74) is 0.788. The molecule has 1 amide bonds. The molecule has 0 radical (unpaired) electrons. The third kappa shape index (κ3) is 3.45. The van der Waals surface area contributed by atoms with E-state index >= 15 is 0 Å². The summed E-state index contributed by atoms with van der Waals surface area (Å²) in [5, 5.41) is 0. The van der Waals surface area contributed by atoms with E-state index in [0.717, 1.165) is 28.8 Å². The Kier molecular flexibility index (Phi) is 4.61. The van der Waals surface area contributed by atoms with E-state index in [4.69, 9.17) is 0 Å². The lowest BCUT2D eigenvalue weighted by Gasteiger charge is -2.21. The molecule has 2 rings (SSSR count). The molecular weight excluding hydrogens is 339 g/mol.